The molecule has 0 aliphatic carbocycles. The van der Waals surface area contributed by atoms with Crippen LogP contribution in [-0.2, 0) is 0 Å². The minimum absolute atomic E-state index is 1.01. The maximum Gasteiger partial charge on any atom is -0.00991 e. The van der Waals surface area contributed by atoms with Crippen molar-refractivity contribution in [1.29, 1.82) is 0 Å². The van der Waals surface area contributed by atoms with Crippen LogP contribution in [0.3, 0.4) is 0 Å². The van der Waals surface area contributed by atoms with Gasteiger partial charge in [-0.1, -0.05) is 81.3 Å². The van der Waals surface area contributed by atoms with E-state index in [-0.39, 0.29) is 0 Å². The van der Waals surface area contributed by atoms with E-state index in [0.717, 1.165) is 23.1 Å². The molecule has 0 atom stereocenters. The smallest absolute Gasteiger partial charge is 0.00991 e. The second-order valence-corrected chi connectivity index (χ2v) is 4.62. The Morgan fingerprint density at radius 1 is 0.800 bits per heavy atom. The van der Waals surface area contributed by atoms with Crippen LogP contribution in [0.1, 0.15) is 35.6 Å². The summed E-state index contributed by atoms with van der Waals surface area (Å²) in [5, 5.41) is 2.44. The molecule has 0 spiro atoms. The first-order valence-electron chi connectivity index (χ1n) is 6.91. The van der Waals surface area contributed by atoms with Crippen molar-refractivity contribution in [3.05, 3.63) is 72.3 Å². The molecule has 0 heteroatoms. The van der Waals surface area contributed by atoms with Gasteiger partial charge in [0.25, 0.3) is 0 Å². The number of fused-ring (bicyclic) bond motifs is 1. The third kappa shape index (κ3) is 2.25. The number of allylic oxidation sites excluding steroid dienone is 1. The van der Waals surface area contributed by atoms with Crippen molar-refractivity contribution in [2.24, 2.45) is 0 Å². The Morgan fingerprint density at radius 2 is 1.30 bits per heavy atom. The molecule has 0 aliphatic heterocycles. The Kier molecular flexibility index (Phi) is 4.37. The van der Waals surface area contributed by atoms with Crippen molar-refractivity contribution in [2.75, 3.05) is 0 Å². The van der Waals surface area contributed by atoms with E-state index in [0.29, 0.717) is 0 Å². The van der Waals surface area contributed by atoms with Crippen molar-refractivity contribution in [1.82, 2.24) is 0 Å². The summed E-state index contributed by atoms with van der Waals surface area (Å²) in [6, 6.07) is 8.41. The zero-order valence-electron chi connectivity index (χ0n) is 12.0. The molecule has 0 unspecified atom stereocenters. The van der Waals surface area contributed by atoms with Gasteiger partial charge in [0.15, 0.2) is 0 Å². The first-order chi connectivity index (χ1) is 9.78. The molecule has 0 aromatic heterocycles. The topological polar surface area (TPSA) is 0 Å². The quantitative estimate of drug-likeness (QED) is 0.601. The van der Waals surface area contributed by atoms with Crippen LogP contribution in [0.5, 0.6) is 0 Å². The Balaban J connectivity index is 3.01. The van der Waals surface area contributed by atoms with E-state index in [1.165, 1.54) is 16.3 Å². The molecule has 0 aliphatic rings. The van der Waals surface area contributed by atoms with Gasteiger partial charge >= 0.3 is 0 Å². The third-order valence-corrected chi connectivity index (χ3v) is 3.51. The van der Waals surface area contributed by atoms with Crippen LogP contribution in [-0.4, -0.2) is 0 Å². The fraction of sp³-hybridized carbons (Fsp3) is 0.100. The Hall–Kier alpha value is -2.34. The van der Waals surface area contributed by atoms with E-state index in [9.17, 15) is 0 Å². The van der Waals surface area contributed by atoms with E-state index in [1.807, 2.05) is 18.2 Å². The molecular weight excluding hydrogens is 240 g/mol. The van der Waals surface area contributed by atoms with Crippen molar-refractivity contribution in [3.63, 3.8) is 0 Å². The lowest BCUT2D eigenvalue weighted by atomic mass is 9.88. The van der Waals surface area contributed by atoms with Gasteiger partial charge in [-0.25, -0.2) is 0 Å². The maximum atomic E-state index is 3.97. The fourth-order valence-electron chi connectivity index (χ4n) is 2.61. The predicted octanol–water partition coefficient (Wildman–Crippen LogP) is 6.19. The van der Waals surface area contributed by atoms with Crippen molar-refractivity contribution >= 4 is 35.1 Å². The van der Waals surface area contributed by atoms with Gasteiger partial charge < -0.3 is 0 Å². The lowest BCUT2D eigenvalue weighted by Gasteiger charge is -2.15. The zero-order valence-corrected chi connectivity index (χ0v) is 12.0. The van der Waals surface area contributed by atoms with E-state index >= 15 is 0 Å². The summed E-state index contributed by atoms with van der Waals surface area (Å²) in [5.41, 5.74) is 4.56. The van der Waals surface area contributed by atoms with Gasteiger partial charge in [0.05, 0.1) is 0 Å². The molecule has 0 fully saturated rings. The predicted molar refractivity (Wildman–Crippen MR) is 93.5 cm³/mol. The fourth-order valence-corrected chi connectivity index (χ4v) is 2.61. The first-order valence-corrected chi connectivity index (χ1v) is 6.91. The molecule has 100 valence electrons. The lowest BCUT2D eigenvalue weighted by Crippen LogP contribution is -1.94. The molecule has 0 saturated carbocycles. The largest absolute Gasteiger partial charge is 0.0984 e. The van der Waals surface area contributed by atoms with Crippen LogP contribution >= 0.6 is 0 Å². The molecule has 20 heavy (non-hydrogen) atoms. The minimum atomic E-state index is 1.01. The van der Waals surface area contributed by atoms with Gasteiger partial charge in [-0.05, 0) is 39.4 Å². The van der Waals surface area contributed by atoms with Crippen molar-refractivity contribution in [3.8, 4) is 0 Å². The SMILES string of the molecule is C=Cc1c(C=C)c(/C=C\CC)c2ccccc2c1C=C. The van der Waals surface area contributed by atoms with E-state index in [4.69, 9.17) is 0 Å². The second-order valence-electron chi connectivity index (χ2n) is 4.62. The summed E-state index contributed by atoms with van der Waals surface area (Å²) in [5.74, 6) is 0. The van der Waals surface area contributed by atoms with Crippen LogP contribution in [0.15, 0.2) is 50.1 Å². The van der Waals surface area contributed by atoms with E-state index in [2.05, 4.69) is 63.1 Å². The highest BCUT2D eigenvalue weighted by Crippen LogP contribution is 2.33. The van der Waals surface area contributed by atoms with Gasteiger partial charge in [-0.3, -0.25) is 0 Å². The number of benzene rings is 2. The van der Waals surface area contributed by atoms with Crippen molar-refractivity contribution in [2.45, 2.75) is 13.3 Å². The van der Waals surface area contributed by atoms with Gasteiger partial charge in [-0.15, -0.1) is 0 Å². The molecule has 0 N–H and O–H groups in total. The summed E-state index contributed by atoms with van der Waals surface area (Å²) in [4.78, 5) is 0. The lowest BCUT2D eigenvalue weighted by molar-refractivity contribution is 1.23. The molecule has 2 aromatic carbocycles. The summed E-state index contributed by atoms with van der Waals surface area (Å²) in [6.45, 7) is 14.0. The minimum Gasteiger partial charge on any atom is -0.0984 e. The number of rotatable bonds is 5. The van der Waals surface area contributed by atoms with Crippen LogP contribution in [0.4, 0.5) is 0 Å². The van der Waals surface area contributed by atoms with Crippen LogP contribution in [0.25, 0.3) is 35.1 Å². The molecule has 0 radical (unpaired) electrons. The molecule has 0 amide bonds. The first kappa shape index (κ1) is 14.1. The highest BCUT2D eigenvalue weighted by atomic mass is 14.2. The van der Waals surface area contributed by atoms with Crippen molar-refractivity contribution < 1.29 is 0 Å². The molecule has 2 rings (SSSR count). The van der Waals surface area contributed by atoms with E-state index in [1.54, 1.807) is 0 Å². The van der Waals surface area contributed by atoms with Crippen LogP contribution < -0.4 is 0 Å². The summed E-state index contributed by atoms with van der Waals surface area (Å²) in [7, 11) is 0. The zero-order chi connectivity index (χ0) is 14.5. The molecule has 0 heterocycles. The summed E-state index contributed by atoms with van der Waals surface area (Å²) in [6.07, 6.45) is 11.1. The number of hydrogen-bond donors (Lipinski definition) is 0. The van der Waals surface area contributed by atoms with E-state index < -0.39 is 0 Å². The maximum absolute atomic E-state index is 3.97. The monoisotopic (exact) mass is 260 g/mol. The van der Waals surface area contributed by atoms with Gasteiger partial charge in [0, 0.05) is 0 Å². The average molecular weight is 260 g/mol. The summed E-state index contributed by atoms with van der Waals surface area (Å²) >= 11 is 0. The Morgan fingerprint density at radius 3 is 1.80 bits per heavy atom. The van der Waals surface area contributed by atoms with Crippen LogP contribution in [0.2, 0.25) is 0 Å². The molecule has 0 saturated heterocycles. The molecule has 0 bridgehead atoms. The molecule has 0 nitrogen and oxygen atoms in total. The summed E-state index contributed by atoms with van der Waals surface area (Å²) < 4.78 is 0. The van der Waals surface area contributed by atoms with Gasteiger partial charge in [0.1, 0.15) is 0 Å². The van der Waals surface area contributed by atoms with Crippen LogP contribution in [0, 0.1) is 0 Å². The average Bonchev–Trinajstić information content (AvgIpc) is 2.50. The highest BCUT2D eigenvalue weighted by molar-refractivity contribution is 6.02. The molecular formula is C20H20. The Labute approximate surface area is 121 Å². The van der Waals surface area contributed by atoms with Gasteiger partial charge in [0.2, 0.25) is 0 Å². The standard InChI is InChI=1S/C20H20/c1-5-9-12-18-16(7-3)15(6-2)17(8-4)19-13-10-11-14-20(18)19/h6-14H,2-5H2,1H3/b12-9-. The highest BCUT2D eigenvalue weighted by Gasteiger charge is 2.12. The third-order valence-electron chi connectivity index (χ3n) is 3.51. The normalized spacial score (nSPS) is 10.8. The van der Waals surface area contributed by atoms with Gasteiger partial charge in [-0.2, -0.15) is 0 Å². The number of hydrogen-bond acceptors (Lipinski definition) is 0. The molecule has 2 aromatic rings. The second kappa shape index (κ2) is 6.21. The Bertz CT molecular complexity index is 700.